The summed E-state index contributed by atoms with van der Waals surface area (Å²) in [5.74, 6) is 0.383. The highest BCUT2D eigenvalue weighted by Gasteiger charge is 2.32. The van der Waals surface area contributed by atoms with Gasteiger partial charge < -0.3 is 10.1 Å². The lowest BCUT2D eigenvalue weighted by atomic mass is 9.95. The second-order valence-electron chi connectivity index (χ2n) is 7.96. The maximum absolute atomic E-state index is 13.6. The van der Waals surface area contributed by atoms with Crippen molar-refractivity contribution in [2.75, 3.05) is 12.4 Å². The molecule has 0 aliphatic carbocycles. The van der Waals surface area contributed by atoms with Crippen LogP contribution in [-0.2, 0) is 4.79 Å². The van der Waals surface area contributed by atoms with Crippen LogP contribution in [0.1, 0.15) is 24.1 Å². The predicted octanol–water partition coefficient (Wildman–Crippen LogP) is 3.28. The summed E-state index contributed by atoms with van der Waals surface area (Å²) in [6.45, 7) is 1.80. The van der Waals surface area contributed by atoms with E-state index in [9.17, 15) is 9.59 Å². The van der Waals surface area contributed by atoms with Crippen LogP contribution in [0.3, 0.4) is 0 Å². The summed E-state index contributed by atoms with van der Waals surface area (Å²) in [5.41, 5.74) is 3.04. The number of allylic oxidation sites excluding steroid dienone is 1. The van der Waals surface area contributed by atoms with Gasteiger partial charge in [-0.05, 0) is 54.5 Å². The van der Waals surface area contributed by atoms with Gasteiger partial charge in [-0.3, -0.25) is 19.1 Å². The van der Waals surface area contributed by atoms with Gasteiger partial charge in [-0.2, -0.15) is 0 Å². The number of nitrogens with one attached hydrogen (secondary N) is 1. The minimum atomic E-state index is -0.642. The van der Waals surface area contributed by atoms with E-state index >= 15 is 0 Å². The third kappa shape index (κ3) is 4.43. The van der Waals surface area contributed by atoms with Crippen molar-refractivity contribution in [2.24, 2.45) is 4.99 Å². The molecule has 0 saturated heterocycles. The summed E-state index contributed by atoms with van der Waals surface area (Å²) in [5, 5.41) is 2.95. The molecule has 174 valence electrons. The van der Waals surface area contributed by atoms with Crippen molar-refractivity contribution in [3.8, 4) is 5.75 Å². The highest BCUT2D eigenvalue weighted by atomic mass is 32.1. The van der Waals surface area contributed by atoms with Crippen LogP contribution < -0.4 is 24.9 Å². The normalized spacial score (nSPS) is 15.4. The van der Waals surface area contributed by atoms with Crippen LogP contribution in [0, 0.1) is 0 Å². The van der Waals surface area contributed by atoms with Crippen molar-refractivity contribution in [1.82, 2.24) is 9.55 Å². The molecular weight excluding hydrogens is 460 g/mol. The summed E-state index contributed by atoms with van der Waals surface area (Å²) in [4.78, 5) is 36.5. The molecule has 0 radical (unpaired) electrons. The zero-order chi connectivity index (χ0) is 24.4. The fourth-order valence-electron chi connectivity index (χ4n) is 4.05. The van der Waals surface area contributed by atoms with Gasteiger partial charge in [0.05, 0.1) is 29.0 Å². The van der Waals surface area contributed by atoms with Crippen LogP contribution in [0.2, 0.25) is 0 Å². The van der Waals surface area contributed by atoms with E-state index < -0.39 is 6.04 Å². The molecule has 4 aromatic rings. The number of nitrogens with zero attached hydrogens (tertiary/aromatic N) is 3. The van der Waals surface area contributed by atoms with Crippen LogP contribution >= 0.6 is 11.3 Å². The Bertz CT molecular complexity index is 1590. The number of methoxy groups -OCH3 is 1. The Balaban J connectivity index is 1.67. The number of pyridine rings is 1. The molecule has 1 aliphatic rings. The number of carbonyl (C=O) groups is 1. The fourth-order valence-corrected chi connectivity index (χ4v) is 5.09. The zero-order valence-corrected chi connectivity index (χ0v) is 20.0. The Kier molecular flexibility index (Phi) is 6.12. The van der Waals surface area contributed by atoms with Crippen molar-refractivity contribution in [3.05, 3.63) is 121 Å². The Hall–Kier alpha value is -4.30. The lowest BCUT2D eigenvalue weighted by molar-refractivity contribution is -0.113. The number of rotatable bonds is 5. The minimum absolute atomic E-state index is 0.212. The van der Waals surface area contributed by atoms with Crippen LogP contribution in [0.4, 0.5) is 5.69 Å². The number of para-hydroxylation sites is 1. The highest BCUT2D eigenvalue weighted by Crippen LogP contribution is 2.31. The molecule has 1 aliphatic heterocycles. The molecule has 2 aromatic heterocycles. The molecule has 1 atom stereocenters. The number of anilines is 1. The van der Waals surface area contributed by atoms with E-state index in [2.05, 4.69) is 15.3 Å². The lowest BCUT2D eigenvalue weighted by Crippen LogP contribution is -2.40. The average molecular weight is 483 g/mol. The van der Waals surface area contributed by atoms with E-state index in [1.807, 2.05) is 66.7 Å². The Morgan fingerprint density at radius 2 is 1.86 bits per heavy atom. The van der Waals surface area contributed by atoms with E-state index in [1.165, 1.54) is 11.3 Å². The van der Waals surface area contributed by atoms with Gasteiger partial charge in [-0.25, -0.2) is 4.99 Å². The van der Waals surface area contributed by atoms with E-state index in [0.29, 0.717) is 32.0 Å². The quantitative estimate of drug-likeness (QED) is 0.473. The minimum Gasteiger partial charge on any atom is -0.497 e. The van der Waals surface area contributed by atoms with Crippen molar-refractivity contribution < 1.29 is 9.53 Å². The maximum Gasteiger partial charge on any atom is 0.271 e. The number of amides is 1. The van der Waals surface area contributed by atoms with Gasteiger partial charge in [0.1, 0.15) is 5.75 Å². The molecule has 0 fully saturated rings. The standard InChI is InChI=1S/C27H22N4O3S/c1-17-23(25(32)30-20-8-4-3-5-9-20)24(19-10-12-21(34-2)13-11-19)31-26(33)22(35-27(31)29-17)15-18-7-6-14-28-16-18/h3-16,24H,1-2H3,(H,30,32). The number of benzene rings is 2. The van der Waals surface area contributed by atoms with Crippen molar-refractivity contribution in [3.63, 3.8) is 0 Å². The molecular formula is C27H22N4O3S. The first-order chi connectivity index (χ1) is 17.0. The first-order valence-corrected chi connectivity index (χ1v) is 11.8. The molecule has 35 heavy (non-hydrogen) atoms. The summed E-state index contributed by atoms with van der Waals surface area (Å²) < 4.78 is 7.43. The Morgan fingerprint density at radius 1 is 1.09 bits per heavy atom. The van der Waals surface area contributed by atoms with E-state index in [0.717, 1.165) is 11.1 Å². The molecule has 8 heteroatoms. The van der Waals surface area contributed by atoms with Crippen LogP contribution in [0.15, 0.2) is 100 Å². The number of hydrogen-bond acceptors (Lipinski definition) is 6. The van der Waals surface area contributed by atoms with Crippen LogP contribution in [0.5, 0.6) is 5.75 Å². The lowest BCUT2D eigenvalue weighted by Gasteiger charge is -2.25. The molecule has 5 rings (SSSR count). The highest BCUT2D eigenvalue weighted by molar-refractivity contribution is 7.07. The van der Waals surface area contributed by atoms with E-state index in [4.69, 9.17) is 4.74 Å². The van der Waals surface area contributed by atoms with Gasteiger partial charge in [0.25, 0.3) is 11.5 Å². The van der Waals surface area contributed by atoms with Gasteiger partial charge in [0.2, 0.25) is 0 Å². The monoisotopic (exact) mass is 482 g/mol. The van der Waals surface area contributed by atoms with Crippen molar-refractivity contribution in [1.29, 1.82) is 0 Å². The molecule has 0 bridgehead atoms. The second-order valence-corrected chi connectivity index (χ2v) is 8.97. The van der Waals surface area contributed by atoms with E-state index in [1.54, 1.807) is 37.1 Å². The van der Waals surface area contributed by atoms with Gasteiger partial charge in [-0.15, -0.1) is 0 Å². The number of hydrogen-bond donors (Lipinski definition) is 1. The molecule has 0 spiro atoms. The van der Waals surface area contributed by atoms with Gasteiger partial charge in [-0.1, -0.05) is 47.7 Å². The van der Waals surface area contributed by atoms with Gasteiger partial charge in [0.15, 0.2) is 4.80 Å². The molecule has 2 aromatic carbocycles. The number of aromatic nitrogens is 2. The Morgan fingerprint density at radius 3 is 2.54 bits per heavy atom. The number of thiazole rings is 1. The number of carbonyl (C=O) groups excluding carboxylic acids is 1. The summed E-state index contributed by atoms with van der Waals surface area (Å²) >= 11 is 1.29. The fraction of sp³-hybridized carbons (Fsp3) is 0.111. The summed E-state index contributed by atoms with van der Waals surface area (Å²) in [6.07, 6.45) is 5.18. The third-order valence-corrected chi connectivity index (χ3v) is 6.69. The predicted molar refractivity (Wildman–Crippen MR) is 136 cm³/mol. The first kappa shape index (κ1) is 22.5. The van der Waals surface area contributed by atoms with Crippen molar-refractivity contribution in [2.45, 2.75) is 13.0 Å². The van der Waals surface area contributed by atoms with Gasteiger partial charge in [0, 0.05) is 18.1 Å². The molecule has 1 N–H and O–H groups in total. The zero-order valence-electron chi connectivity index (χ0n) is 19.1. The van der Waals surface area contributed by atoms with Gasteiger partial charge >= 0.3 is 0 Å². The van der Waals surface area contributed by atoms with E-state index in [-0.39, 0.29) is 11.5 Å². The number of fused-ring (bicyclic) bond motifs is 1. The SMILES string of the molecule is COc1ccc(C2C(C(=O)Nc3ccccc3)=C(C)N=c3sc(=Cc4cccnc4)c(=O)n32)cc1. The first-order valence-electron chi connectivity index (χ1n) is 11.0. The maximum atomic E-state index is 13.6. The van der Waals surface area contributed by atoms with Crippen molar-refractivity contribution >= 4 is 29.0 Å². The average Bonchev–Trinajstić information content (AvgIpc) is 3.18. The topological polar surface area (TPSA) is 85.6 Å². The smallest absolute Gasteiger partial charge is 0.271 e. The third-order valence-electron chi connectivity index (χ3n) is 5.71. The second kappa shape index (κ2) is 9.52. The largest absolute Gasteiger partial charge is 0.497 e. The Labute approximate surface area is 205 Å². The summed E-state index contributed by atoms with van der Waals surface area (Å²) in [7, 11) is 1.60. The molecule has 3 heterocycles. The molecule has 1 unspecified atom stereocenters. The summed E-state index contributed by atoms with van der Waals surface area (Å²) in [6, 6.07) is 19.7. The van der Waals surface area contributed by atoms with Crippen LogP contribution in [-0.4, -0.2) is 22.6 Å². The number of ether oxygens (including phenoxy) is 1. The molecule has 1 amide bonds. The van der Waals surface area contributed by atoms with Crippen LogP contribution in [0.25, 0.3) is 6.08 Å². The molecule has 0 saturated carbocycles. The molecule has 7 nitrogen and oxygen atoms in total.